The van der Waals surface area contributed by atoms with Crippen molar-refractivity contribution in [2.75, 3.05) is 7.05 Å². The van der Waals surface area contributed by atoms with Crippen molar-refractivity contribution in [1.82, 2.24) is 5.32 Å². The van der Waals surface area contributed by atoms with Gasteiger partial charge in [-0.1, -0.05) is 0 Å². The predicted octanol–water partition coefficient (Wildman–Crippen LogP) is 0.880. The molecule has 0 radical (unpaired) electrons. The Balaban J connectivity index is 4.49. The third kappa shape index (κ3) is 1.84. The third-order valence-electron chi connectivity index (χ3n) is 0.891. The summed E-state index contributed by atoms with van der Waals surface area (Å²) in [5.41, 5.74) is 0.741. The quantitative estimate of drug-likeness (QED) is 0.413. The third-order valence-corrected chi connectivity index (χ3v) is 0.891. The van der Waals surface area contributed by atoms with E-state index >= 15 is 0 Å². The van der Waals surface area contributed by atoms with E-state index in [2.05, 4.69) is 10.2 Å². The average molecular weight is 121 g/mol. The van der Waals surface area contributed by atoms with Gasteiger partial charge in [-0.15, -0.1) is 0 Å². The van der Waals surface area contributed by atoms with Crippen LogP contribution in [0.5, 0.6) is 0 Å². The Hall–Kier alpha value is -1.48. The minimum atomic E-state index is 0.338. The Morgan fingerprint density at radius 3 is 2.44 bits per heavy atom. The zero-order chi connectivity index (χ0) is 7.28. The molecule has 0 aliphatic carbocycles. The van der Waals surface area contributed by atoms with Crippen molar-refractivity contribution in [2.45, 2.75) is 6.92 Å². The van der Waals surface area contributed by atoms with Crippen LogP contribution in [0.25, 0.3) is 4.85 Å². The molecule has 0 aromatic heterocycles. The maximum Gasteiger partial charge on any atom is 0.195 e. The van der Waals surface area contributed by atoms with Crippen molar-refractivity contribution >= 4 is 0 Å². The zero-order valence-corrected chi connectivity index (χ0v) is 5.39. The van der Waals surface area contributed by atoms with Crippen LogP contribution in [-0.2, 0) is 0 Å². The first-order valence-corrected chi connectivity index (χ1v) is 2.42. The molecule has 46 valence electrons. The summed E-state index contributed by atoms with van der Waals surface area (Å²) in [5, 5.41) is 10.9. The SMILES string of the molecule is [C-]#[N+]/C(C)=C(/C#N)NC. The number of nitrogens with zero attached hydrogens (tertiary/aromatic N) is 2. The molecule has 0 atom stereocenters. The molecule has 0 aromatic carbocycles. The number of rotatable bonds is 1. The molecule has 3 nitrogen and oxygen atoms in total. The molecule has 3 heteroatoms. The number of allylic oxidation sites excluding steroid dienone is 2. The van der Waals surface area contributed by atoms with Gasteiger partial charge >= 0.3 is 0 Å². The normalized spacial score (nSPS) is 10.7. The maximum absolute atomic E-state index is 8.31. The van der Waals surface area contributed by atoms with Gasteiger partial charge < -0.3 is 5.32 Å². The first-order valence-electron chi connectivity index (χ1n) is 2.42. The highest BCUT2D eigenvalue weighted by molar-refractivity contribution is 5.27. The molecule has 0 aromatic rings. The second-order valence-electron chi connectivity index (χ2n) is 1.43. The Bertz CT molecular complexity index is 201. The Morgan fingerprint density at radius 2 is 2.33 bits per heavy atom. The van der Waals surface area contributed by atoms with Crippen molar-refractivity contribution in [3.05, 3.63) is 22.8 Å². The molecule has 0 bridgehead atoms. The fourth-order valence-corrected chi connectivity index (χ4v) is 0.374. The smallest absolute Gasteiger partial charge is 0.195 e. The van der Waals surface area contributed by atoms with Gasteiger partial charge in [0, 0.05) is 7.05 Å². The monoisotopic (exact) mass is 121 g/mol. The number of hydrogen-bond donors (Lipinski definition) is 1. The van der Waals surface area contributed by atoms with E-state index in [4.69, 9.17) is 11.8 Å². The second-order valence-corrected chi connectivity index (χ2v) is 1.43. The first kappa shape index (κ1) is 7.52. The van der Waals surface area contributed by atoms with E-state index in [9.17, 15) is 0 Å². The molecule has 0 unspecified atom stereocenters. The van der Waals surface area contributed by atoms with Crippen molar-refractivity contribution in [1.29, 1.82) is 5.26 Å². The predicted molar refractivity (Wildman–Crippen MR) is 34.0 cm³/mol. The molecule has 9 heavy (non-hydrogen) atoms. The summed E-state index contributed by atoms with van der Waals surface area (Å²) in [5.74, 6) is 0. The van der Waals surface area contributed by atoms with Crippen LogP contribution in [0.15, 0.2) is 11.4 Å². The van der Waals surface area contributed by atoms with Gasteiger partial charge in [-0.2, -0.15) is 5.26 Å². The number of nitrogens with one attached hydrogen (secondary N) is 1. The Labute approximate surface area is 54.4 Å². The van der Waals surface area contributed by atoms with Gasteiger partial charge in [-0.05, 0) is 6.92 Å². The molecule has 0 rings (SSSR count). The number of nitriles is 1. The summed E-state index contributed by atoms with van der Waals surface area (Å²) in [4.78, 5) is 3.08. The second kappa shape index (κ2) is 3.51. The maximum atomic E-state index is 8.31. The summed E-state index contributed by atoms with van der Waals surface area (Å²) in [6, 6.07) is 1.86. The van der Waals surface area contributed by atoms with Crippen LogP contribution in [0.2, 0.25) is 0 Å². The lowest BCUT2D eigenvalue weighted by Crippen LogP contribution is -2.04. The van der Waals surface area contributed by atoms with Crippen molar-refractivity contribution in [3.63, 3.8) is 0 Å². The highest BCUT2D eigenvalue weighted by Gasteiger charge is 1.94. The Morgan fingerprint density at radius 1 is 1.78 bits per heavy atom. The summed E-state index contributed by atoms with van der Waals surface area (Å²) in [6.07, 6.45) is 0. The number of hydrogen-bond acceptors (Lipinski definition) is 2. The van der Waals surface area contributed by atoms with E-state index in [1.807, 2.05) is 6.07 Å². The van der Waals surface area contributed by atoms with Crippen molar-refractivity contribution in [2.24, 2.45) is 0 Å². The van der Waals surface area contributed by atoms with E-state index in [1.54, 1.807) is 14.0 Å². The summed E-state index contributed by atoms with van der Waals surface area (Å²) in [7, 11) is 1.62. The molecular weight excluding hydrogens is 114 g/mol. The fraction of sp³-hybridized carbons (Fsp3) is 0.333. The van der Waals surface area contributed by atoms with Crippen molar-refractivity contribution < 1.29 is 0 Å². The molecular formula is C6H7N3. The van der Waals surface area contributed by atoms with Gasteiger partial charge in [0.1, 0.15) is 11.8 Å². The average Bonchev–Trinajstić information content (AvgIpc) is 1.90. The van der Waals surface area contributed by atoms with Gasteiger partial charge in [0.05, 0.1) is 6.57 Å². The minimum Gasteiger partial charge on any atom is -0.388 e. The van der Waals surface area contributed by atoms with Crippen LogP contribution in [0.3, 0.4) is 0 Å². The van der Waals surface area contributed by atoms with Crippen LogP contribution in [0.1, 0.15) is 6.92 Å². The highest BCUT2D eigenvalue weighted by atomic mass is 14.9. The molecule has 0 spiro atoms. The summed E-state index contributed by atoms with van der Waals surface area (Å²) in [6.45, 7) is 8.12. The van der Waals surface area contributed by atoms with Crippen LogP contribution in [-0.4, -0.2) is 7.05 Å². The lowest BCUT2D eigenvalue weighted by atomic mass is 10.4. The zero-order valence-electron chi connectivity index (χ0n) is 5.39. The van der Waals surface area contributed by atoms with Crippen LogP contribution in [0.4, 0.5) is 0 Å². The van der Waals surface area contributed by atoms with Gasteiger partial charge in [0.2, 0.25) is 0 Å². The summed E-state index contributed by atoms with van der Waals surface area (Å²) < 4.78 is 0. The van der Waals surface area contributed by atoms with Crippen LogP contribution >= 0.6 is 0 Å². The lowest BCUT2D eigenvalue weighted by Gasteiger charge is -1.93. The minimum absolute atomic E-state index is 0.338. The fourth-order valence-electron chi connectivity index (χ4n) is 0.374. The molecule has 0 saturated carbocycles. The van der Waals surface area contributed by atoms with E-state index in [0.29, 0.717) is 11.4 Å². The molecule has 1 N–H and O–H groups in total. The largest absolute Gasteiger partial charge is 0.388 e. The van der Waals surface area contributed by atoms with Crippen molar-refractivity contribution in [3.8, 4) is 6.07 Å². The highest BCUT2D eigenvalue weighted by Crippen LogP contribution is 1.98. The molecule has 0 aliphatic rings. The van der Waals surface area contributed by atoms with Gasteiger partial charge in [0.15, 0.2) is 5.70 Å². The standard InChI is InChI=1S/C6H7N3/c1-5(8-2)6(4-7)9-3/h9H,1,3H3/b6-5-. The van der Waals surface area contributed by atoms with E-state index in [0.717, 1.165) is 0 Å². The molecule has 0 fully saturated rings. The summed E-state index contributed by atoms with van der Waals surface area (Å²) >= 11 is 0. The Kier molecular flexibility index (Phi) is 2.94. The molecule has 0 heterocycles. The molecule has 0 aliphatic heterocycles. The van der Waals surface area contributed by atoms with Crippen LogP contribution in [0, 0.1) is 17.9 Å². The van der Waals surface area contributed by atoms with Gasteiger partial charge in [-0.3, -0.25) is 0 Å². The molecule has 0 amide bonds. The van der Waals surface area contributed by atoms with Gasteiger partial charge in [-0.25, -0.2) is 4.85 Å². The molecule has 0 saturated heterocycles. The van der Waals surface area contributed by atoms with Crippen LogP contribution < -0.4 is 5.32 Å². The van der Waals surface area contributed by atoms with Gasteiger partial charge in [0.25, 0.3) is 0 Å². The topological polar surface area (TPSA) is 40.2 Å². The first-order chi connectivity index (χ1) is 4.26. The van der Waals surface area contributed by atoms with E-state index < -0.39 is 0 Å². The lowest BCUT2D eigenvalue weighted by molar-refractivity contribution is 1.02. The van der Waals surface area contributed by atoms with E-state index in [1.165, 1.54) is 0 Å². The van der Waals surface area contributed by atoms with E-state index in [-0.39, 0.29) is 0 Å².